The molecule has 0 rings (SSSR count). The van der Waals surface area contributed by atoms with E-state index in [1.54, 1.807) is 0 Å². The number of rotatable bonds is 6. The van der Waals surface area contributed by atoms with Crippen LogP contribution in [0.3, 0.4) is 0 Å². The molecule has 0 heterocycles. The molecule has 3 N–H and O–H groups in total. The molecule has 17 heavy (non-hydrogen) atoms. The number of hydrogen-bond acceptors (Lipinski definition) is 2. The maximum absolute atomic E-state index is 5.66. The third-order valence-corrected chi connectivity index (χ3v) is 2.09. The second kappa shape index (κ2) is 9.59. The zero-order valence-electron chi connectivity index (χ0n) is 11.3. The van der Waals surface area contributed by atoms with Gasteiger partial charge in [-0.2, -0.15) is 0 Å². The van der Waals surface area contributed by atoms with Crippen LogP contribution >= 0.6 is 0 Å². The first-order valence-corrected chi connectivity index (χ1v) is 6.16. The van der Waals surface area contributed by atoms with Crippen LogP contribution in [0.15, 0.2) is 35.7 Å². The molecule has 0 radical (unpaired) electrons. The van der Waals surface area contributed by atoms with Crippen LogP contribution in [-0.4, -0.2) is 6.54 Å². The molecule has 2 heteroatoms. The minimum absolute atomic E-state index is 0.664. The fourth-order valence-corrected chi connectivity index (χ4v) is 1.30. The fourth-order valence-electron chi connectivity index (χ4n) is 1.30. The van der Waals surface area contributed by atoms with Gasteiger partial charge in [0.1, 0.15) is 0 Å². The lowest BCUT2D eigenvalue weighted by molar-refractivity contribution is 0.814. The molecule has 0 bridgehead atoms. The fraction of sp³-hybridized carbons (Fsp3) is 0.467. The number of nitrogens with two attached hydrogens (primary N) is 1. The SMILES string of the molecule is C=C(C)/C(=C/CC)NCCC#C/C(N)=C\CC. The summed E-state index contributed by atoms with van der Waals surface area (Å²) in [6.45, 7) is 10.9. The first-order valence-electron chi connectivity index (χ1n) is 6.16. The van der Waals surface area contributed by atoms with Crippen molar-refractivity contribution in [3.63, 3.8) is 0 Å². The van der Waals surface area contributed by atoms with E-state index in [0.29, 0.717) is 5.70 Å². The molecule has 0 spiro atoms. The van der Waals surface area contributed by atoms with Gasteiger partial charge in [0.2, 0.25) is 0 Å². The molecular formula is C15H24N2. The molecule has 0 aliphatic carbocycles. The molecule has 0 saturated heterocycles. The Morgan fingerprint density at radius 2 is 1.94 bits per heavy atom. The Bertz CT molecular complexity index is 351. The van der Waals surface area contributed by atoms with Crippen molar-refractivity contribution in [3.8, 4) is 11.8 Å². The van der Waals surface area contributed by atoms with Gasteiger partial charge in [0, 0.05) is 18.7 Å². The summed E-state index contributed by atoms with van der Waals surface area (Å²) in [5.74, 6) is 5.97. The van der Waals surface area contributed by atoms with E-state index in [4.69, 9.17) is 5.73 Å². The average molecular weight is 232 g/mol. The Hall–Kier alpha value is -1.62. The Labute approximate surface area is 106 Å². The first-order chi connectivity index (χ1) is 8.11. The molecule has 0 unspecified atom stereocenters. The van der Waals surface area contributed by atoms with Crippen LogP contribution in [0, 0.1) is 11.8 Å². The summed E-state index contributed by atoms with van der Waals surface area (Å²) in [6, 6.07) is 0. The van der Waals surface area contributed by atoms with E-state index in [9.17, 15) is 0 Å². The standard InChI is InChI=1S/C15H24N2/c1-5-9-14(16)11-7-8-12-17-15(10-6-2)13(3)4/h9-10,17H,3,5-6,8,12,16H2,1-2,4H3/b14-9+,15-10-. The van der Waals surface area contributed by atoms with Crippen LogP contribution < -0.4 is 11.1 Å². The molecular weight excluding hydrogens is 208 g/mol. The third-order valence-electron chi connectivity index (χ3n) is 2.09. The summed E-state index contributed by atoms with van der Waals surface area (Å²) in [5, 5.41) is 3.32. The second-order valence-corrected chi connectivity index (χ2v) is 3.85. The van der Waals surface area contributed by atoms with E-state index >= 15 is 0 Å². The van der Waals surface area contributed by atoms with Crippen molar-refractivity contribution < 1.29 is 0 Å². The maximum Gasteiger partial charge on any atom is 0.0786 e. The molecule has 0 aliphatic heterocycles. The summed E-state index contributed by atoms with van der Waals surface area (Å²) in [6.07, 6.45) is 6.79. The van der Waals surface area contributed by atoms with Crippen LogP contribution in [0.25, 0.3) is 0 Å². The van der Waals surface area contributed by atoms with Crippen LogP contribution in [-0.2, 0) is 0 Å². The largest absolute Gasteiger partial charge is 0.392 e. The van der Waals surface area contributed by atoms with Crippen molar-refractivity contribution in [1.82, 2.24) is 5.32 Å². The topological polar surface area (TPSA) is 38.0 Å². The van der Waals surface area contributed by atoms with Crippen LogP contribution in [0.5, 0.6) is 0 Å². The molecule has 0 aliphatic rings. The highest BCUT2D eigenvalue weighted by atomic mass is 14.9. The first kappa shape index (κ1) is 15.4. The summed E-state index contributed by atoms with van der Waals surface area (Å²) in [7, 11) is 0. The quantitative estimate of drug-likeness (QED) is 0.419. The number of nitrogens with one attached hydrogen (secondary N) is 1. The van der Waals surface area contributed by atoms with Gasteiger partial charge in [0.05, 0.1) is 5.70 Å². The van der Waals surface area contributed by atoms with E-state index in [-0.39, 0.29) is 0 Å². The Morgan fingerprint density at radius 1 is 1.29 bits per heavy atom. The molecule has 0 saturated carbocycles. The van der Waals surface area contributed by atoms with Gasteiger partial charge in [-0.1, -0.05) is 38.5 Å². The monoisotopic (exact) mass is 232 g/mol. The molecule has 0 amide bonds. The smallest absolute Gasteiger partial charge is 0.0786 e. The molecule has 0 aromatic heterocycles. The Kier molecular flexibility index (Phi) is 8.68. The maximum atomic E-state index is 5.66. The minimum atomic E-state index is 0.664. The van der Waals surface area contributed by atoms with Gasteiger partial charge >= 0.3 is 0 Å². The molecule has 0 atom stereocenters. The van der Waals surface area contributed by atoms with E-state index < -0.39 is 0 Å². The third kappa shape index (κ3) is 8.21. The van der Waals surface area contributed by atoms with E-state index in [2.05, 4.69) is 36.7 Å². The lowest BCUT2D eigenvalue weighted by atomic mass is 10.2. The van der Waals surface area contributed by atoms with Crippen LogP contribution in [0.4, 0.5) is 0 Å². The van der Waals surface area contributed by atoms with E-state index in [0.717, 1.165) is 37.1 Å². The molecule has 0 fully saturated rings. The van der Waals surface area contributed by atoms with Crippen molar-refractivity contribution in [1.29, 1.82) is 0 Å². The summed E-state index contributed by atoms with van der Waals surface area (Å²) < 4.78 is 0. The van der Waals surface area contributed by atoms with E-state index in [1.165, 1.54) is 0 Å². The number of allylic oxidation sites excluding steroid dienone is 4. The van der Waals surface area contributed by atoms with Crippen molar-refractivity contribution in [3.05, 3.63) is 35.7 Å². The Balaban J connectivity index is 4.03. The van der Waals surface area contributed by atoms with Crippen molar-refractivity contribution in [2.24, 2.45) is 5.73 Å². The van der Waals surface area contributed by atoms with Gasteiger partial charge in [-0.25, -0.2) is 0 Å². The summed E-state index contributed by atoms with van der Waals surface area (Å²) >= 11 is 0. The molecule has 2 nitrogen and oxygen atoms in total. The summed E-state index contributed by atoms with van der Waals surface area (Å²) in [5.41, 5.74) is 8.50. The van der Waals surface area contributed by atoms with Gasteiger partial charge < -0.3 is 11.1 Å². The highest BCUT2D eigenvalue weighted by Crippen LogP contribution is 2.03. The van der Waals surface area contributed by atoms with Crippen LogP contribution in [0.2, 0.25) is 0 Å². The molecule has 0 aromatic carbocycles. The normalized spacial score (nSPS) is 11.7. The van der Waals surface area contributed by atoms with Crippen molar-refractivity contribution in [2.75, 3.05) is 6.54 Å². The van der Waals surface area contributed by atoms with Crippen LogP contribution in [0.1, 0.15) is 40.0 Å². The summed E-state index contributed by atoms with van der Waals surface area (Å²) in [4.78, 5) is 0. The molecule has 94 valence electrons. The van der Waals surface area contributed by atoms with Gasteiger partial charge in [-0.15, -0.1) is 0 Å². The van der Waals surface area contributed by atoms with Gasteiger partial charge in [0.15, 0.2) is 0 Å². The highest BCUT2D eigenvalue weighted by molar-refractivity contribution is 5.26. The predicted molar refractivity (Wildman–Crippen MR) is 76.1 cm³/mol. The zero-order chi connectivity index (χ0) is 13.1. The van der Waals surface area contributed by atoms with E-state index in [1.807, 2.05) is 19.9 Å². The second-order valence-electron chi connectivity index (χ2n) is 3.85. The minimum Gasteiger partial charge on any atom is -0.392 e. The van der Waals surface area contributed by atoms with Crippen molar-refractivity contribution >= 4 is 0 Å². The van der Waals surface area contributed by atoms with Gasteiger partial charge in [0.25, 0.3) is 0 Å². The zero-order valence-corrected chi connectivity index (χ0v) is 11.3. The lowest BCUT2D eigenvalue weighted by Gasteiger charge is -2.08. The Morgan fingerprint density at radius 3 is 2.47 bits per heavy atom. The molecule has 0 aromatic rings. The van der Waals surface area contributed by atoms with Crippen molar-refractivity contribution in [2.45, 2.75) is 40.0 Å². The van der Waals surface area contributed by atoms with Gasteiger partial charge in [-0.05, 0) is 31.3 Å². The highest BCUT2D eigenvalue weighted by Gasteiger charge is 1.94. The predicted octanol–water partition coefficient (Wildman–Crippen LogP) is 3.09. The van der Waals surface area contributed by atoms with Gasteiger partial charge in [-0.3, -0.25) is 0 Å². The average Bonchev–Trinajstić information content (AvgIpc) is 2.27. The lowest BCUT2D eigenvalue weighted by Crippen LogP contribution is -2.15. The number of hydrogen-bond donors (Lipinski definition) is 2.